The van der Waals surface area contributed by atoms with Gasteiger partial charge in [-0.05, 0) is 18.6 Å². The lowest BCUT2D eigenvalue weighted by molar-refractivity contribution is -0.142. The SMILES string of the molecule is CCOC(=O)Cc1c(NC(C)=O)c2ccccc2n1Cc1ccccc1. The molecule has 26 heavy (non-hydrogen) atoms. The van der Waals surface area contributed by atoms with Gasteiger partial charge in [-0.2, -0.15) is 0 Å². The van der Waals surface area contributed by atoms with Gasteiger partial charge in [0.1, 0.15) is 0 Å². The van der Waals surface area contributed by atoms with E-state index < -0.39 is 0 Å². The third-order valence-corrected chi connectivity index (χ3v) is 4.18. The van der Waals surface area contributed by atoms with E-state index in [0.29, 0.717) is 18.8 Å². The first-order valence-electron chi connectivity index (χ1n) is 8.67. The van der Waals surface area contributed by atoms with Crippen molar-refractivity contribution in [2.75, 3.05) is 11.9 Å². The van der Waals surface area contributed by atoms with Gasteiger partial charge in [-0.1, -0.05) is 48.5 Å². The van der Waals surface area contributed by atoms with Crippen LogP contribution in [0.3, 0.4) is 0 Å². The highest BCUT2D eigenvalue weighted by molar-refractivity contribution is 6.03. The van der Waals surface area contributed by atoms with Crippen molar-refractivity contribution in [3.05, 3.63) is 65.9 Å². The van der Waals surface area contributed by atoms with E-state index in [9.17, 15) is 9.59 Å². The molecule has 1 aromatic heterocycles. The van der Waals surface area contributed by atoms with Crippen LogP contribution in [0.25, 0.3) is 10.9 Å². The first-order chi connectivity index (χ1) is 12.6. The van der Waals surface area contributed by atoms with Gasteiger partial charge in [0.05, 0.1) is 29.9 Å². The quantitative estimate of drug-likeness (QED) is 0.689. The fraction of sp³-hybridized carbons (Fsp3) is 0.238. The van der Waals surface area contributed by atoms with Crippen LogP contribution in [0.2, 0.25) is 0 Å². The summed E-state index contributed by atoms with van der Waals surface area (Å²) >= 11 is 0. The number of ether oxygens (including phenoxy) is 1. The predicted molar refractivity (Wildman–Crippen MR) is 102 cm³/mol. The van der Waals surface area contributed by atoms with Crippen LogP contribution in [0.4, 0.5) is 5.69 Å². The average molecular weight is 350 g/mol. The minimum absolute atomic E-state index is 0.102. The van der Waals surface area contributed by atoms with Crippen LogP contribution in [0.1, 0.15) is 25.1 Å². The number of nitrogens with one attached hydrogen (secondary N) is 1. The number of amides is 1. The molecule has 1 amide bonds. The van der Waals surface area contributed by atoms with Crippen LogP contribution in [0.5, 0.6) is 0 Å². The maximum absolute atomic E-state index is 12.2. The van der Waals surface area contributed by atoms with Crippen LogP contribution in [-0.4, -0.2) is 23.1 Å². The van der Waals surface area contributed by atoms with Crippen molar-refractivity contribution in [3.63, 3.8) is 0 Å². The molecule has 0 unspecified atom stereocenters. The van der Waals surface area contributed by atoms with E-state index >= 15 is 0 Å². The Morgan fingerprint density at radius 2 is 1.73 bits per heavy atom. The zero-order valence-electron chi connectivity index (χ0n) is 15.0. The molecule has 0 saturated carbocycles. The first kappa shape index (κ1) is 17.7. The van der Waals surface area contributed by atoms with E-state index in [2.05, 4.69) is 9.88 Å². The summed E-state index contributed by atoms with van der Waals surface area (Å²) in [5.41, 5.74) is 3.52. The van der Waals surface area contributed by atoms with Gasteiger partial charge in [-0.15, -0.1) is 0 Å². The molecule has 0 saturated heterocycles. The molecular weight excluding hydrogens is 328 g/mol. The van der Waals surface area contributed by atoms with Crippen LogP contribution in [0, 0.1) is 0 Å². The van der Waals surface area contributed by atoms with Crippen LogP contribution < -0.4 is 5.32 Å². The Hall–Kier alpha value is -3.08. The second kappa shape index (κ2) is 7.87. The lowest BCUT2D eigenvalue weighted by Crippen LogP contribution is -2.15. The van der Waals surface area contributed by atoms with Gasteiger partial charge in [0, 0.05) is 18.9 Å². The number of hydrogen-bond donors (Lipinski definition) is 1. The van der Waals surface area contributed by atoms with Gasteiger partial charge in [0.2, 0.25) is 5.91 Å². The summed E-state index contributed by atoms with van der Waals surface area (Å²) in [4.78, 5) is 23.9. The summed E-state index contributed by atoms with van der Waals surface area (Å²) in [6.45, 7) is 4.19. The number of para-hydroxylation sites is 1. The summed E-state index contributed by atoms with van der Waals surface area (Å²) in [7, 11) is 0. The highest BCUT2D eigenvalue weighted by Gasteiger charge is 2.20. The fourth-order valence-electron chi connectivity index (χ4n) is 3.15. The van der Waals surface area contributed by atoms with E-state index in [1.165, 1.54) is 6.92 Å². The molecule has 0 fully saturated rings. The number of carbonyl (C=O) groups excluding carboxylic acids is 2. The van der Waals surface area contributed by atoms with Crippen LogP contribution in [-0.2, 0) is 27.3 Å². The number of carbonyl (C=O) groups is 2. The zero-order chi connectivity index (χ0) is 18.5. The summed E-state index contributed by atoms with van der Waals surface area (Å²) in [5.74, 6) is -0.478. The van der Waals surface area contributed by atoms with Gasteiger partial charge in [0.15, 0.2) is 0 Å². The first-order valence-corrected chi connectivity index (χ1v) is 8.67. The van der Waals surface area contributed by atoms with Gasteiger partial charge in [-0.3, -0.25) is 9.59 Å². The Morgan fingerprint density at radius 3 is 2.42 bits per heavy atom. The summed E-state index contributed by atoms with van der Waals surface area (Å²) in [6, 6.07) is 17.9. The molecule has 0 atom stereocenters. The molecule has 3 rings (SSSR count). The molecule has 5 heteroatoms. The molecule has 0 aliphatic heterocycles. The van der Waals surface area contributed by atoms with Crippen molar-refractivity contribution in [1.82, 2.24) is 4.57 Å². The number of aromatic nitrogens is 1. The number of fused-ring (bicyclic) bond motifs is 1. The van der Waals surface area contributed by atoms with Crippen molar-refractivity contribution >= 4 is 28.5 Å². The third kappa shape index (κ3) is 3.77. The lowest BCUT2D eigenvalue weighted by Gasteiger charge is -2.12. The van der Waals surface area contributed by atoms with Gasteiger partial charge >= 0.3 is 5.97 Å². The van der Waals surface area contributed by atoms with Gasteiger partial charge in [0.25, 0.3) is 0 Å². The molecule has 1 heterocycles. The van der Waals surface area contributed by atoms with E-state index in [0.717, 1.165) is 22.2 Å². The number of anilines is 1. The predicted octanol–water partition coefficient (Wildman–Crippen LogP) is 3.75. The summed E-state index contributed by atoms with van der Waals surface area (Å²) < 4.78 is 7.22. The van der Waals surface area contributed by atoms with Crippen LogP contribution in [0.15, 0.2) is 54.6 Å². The Bertz CT molecular complexity index is 929. The van der Waals surface area contributed by atoms with E-state index in [4.69, 9.17) is 4.74 Å². The second-order valence-electron chi connectivity index (χ2n) is 6.07. The number of esters is 1. The second-order valence-corrected chi connectivity index (χ2v) is 6.07. The minimum atomic E-state index is -0.309. The van der Waals surface area contributed by atoms with Crippen molar-refractivity contribution in [2.24, 2.45) is 0 Å². The molecule has 0 aliphatic rings. The topological polar surface area (TPSA) is 60.3 Å². The molecular formula is C21H22N2O3. The van der Waals surface area contributed by atoms with E-state index in [1.54, 1.807) is 6.92 Å². The normalized spacial score (nSPS) is 10.7. The van der Waals surface area contributed by atoms with E-state index in [-0.39, 0.29) is 18.3 Å². The largest absolute Gasteiger partial charge is 0.466 e. The standard InChI is InChI=1S/C21H22N2O3/c1-3-26-20(25)13-19-21(22-15(2)24)17-11-7-8-12-18(17)23(19)14-16-9-5-4-6-10-16/h4-12H,3,13-14H2,1-2H3,(H,22,24). The number of nitrogens with zero attached hydrogens (tertiary/aromatic N) is 1. The molecule has 0 bridgehead atoms. The highest BCUT2D eigenvalue weighted by atomic mass is 16.5. The lowest BCUT2D eigenvalue weighted by atomic mass is 10.2. The number of benzene rings is 2. The van der Waals surface area contributed by atoms with Crippen LogP contribution >= 0.6 is 0 Å². The third-order valence-electron chi connectivity index (χ3n) is 4.18. The van der Waals surface area contributed by atoms with Crippen molar-refractivity contribution in [3.8, 4) is 0 Å². The molecule has 0 aliphatic carbocycles. The maximum Gasteiger partial charge on any atom is 0.311 e. The van der Waals surface area contributed by atoms with E-state index in [1.807, 2.05) is 54.6 Å². The molecule has 1 N–H and O–H groups in total. The molecule has 0 radical (unpaired) electrons. The fourth-order valence-corrected chi connectivity index (χ4v) is 3.15. The average Bonchev–Trinajstić information content (AvgIpc) is 2.89. The Morgan fingerprint density at radius 1 is 1.04 bits per heavy atom. The molecule has 3 aromatic rings. The highest BCUT2D eigenvalue weighted by Crippen LogP contribution is 2.32. The minimum Gasteiger partial charge on any atom is -0.466 e. The summed E-state index contributed by atoms with van der Waals surface area (Å²) in [5, 5.41) is 3.82. The molecule has 134 valence electrons. The Balaban J connectivity index is 2.15. The van der Waals surface area contributed by atoms with Crippen molar-refractivity contribution in [2.45, 2.75) is 26.8 Å². The number of hydrogen-bond acceptors (Lipinski definition) is 3. The van der Waals surface area contributed by atoms with Gasteiger partial charge in [-0.25, -0.2) is 0 Å². The Labute approximate surface area is 152 Å². The summed E-state index contributed by atoms with van der Waals surface area (Å²) in [6.07, 6.45) is 0.102. The van der Waals surface area contributed by atoms with Gasteiger partial charge < -0.3 is 14.6 Å². The Kier molecular flexibility index (Phi) is 5.37. The molecule has 2 aromatic carbocycles. The molecule has 5 nitrogen and oxygen atoms in total. The zero-order valence-corrected chi connectivity index (χ0v) is 15.0. The van der Waals surface area contributed by atoms with Crippen molar-refractivity contribution < 1.29 is 14.3 Å². The monoisotopic (exact) mass is 350 g/mol. The smallest absolute Gasteiger partial charge is 0.311 e. The maximum atomic E-state index is 12.2. The molecule has 0 spiro atoms. The number of rotatable bonds is 6. The van der Waals surface area contributed by atoms with Crippen molar-refractivity contribution in [1.29, 1.82) is 0 Å².